The van der Waals surface area contributed by atoms with Gasteiger partial charge in [-0.2, -0.15) is 4.72 Å². The van der Waals surface area contributed by atoms with Crippen molar-refractivity contribution in [1.29, 1.82) is 0 Å². The van der Waals surface area contributed by atoms with E-state index in [1.54, 1.807) is 6.92 Å². The molecular weight excluding hydrogens is 396 g/mol. The highest BCUT2D eigenvalue weighted by Gasteiger charge is 2.22. The molecule has 0 fully saturated rings. The Bertz CT molecular complexity index is 827. The smallest absolute Gasteiger partial charge is 0.321 e. The van der Waals surface area contributed by atoms with Crippen LogP contribution in [0.1, 0.15) is 6.92 Å². The Balaban J connectivity index is 2.64. The number of sulfonamides is 1. The van der Waals surface area contributed by atoms with Crippen LogP contribution in [0.15, 0.2) is 23.1 Å². The number of nitro groups is 1. The third-order valence-corrected chi connectivity index (χ3v) is 4.74. The molecule has 1 unspecified atom stereocenters. The number of nitro benzene ring substituents is 1. The van der Waals surface area contributed by atoms with Gasteiger partial charge in [0.2, 0.25) is 10.0 Å². The van der Waals surface area contributed by atoms with Crippen molar-refractivity contribution in [1.82, 2.24) is 10.0 Å². The molecule has 0 radical (unpaired) electrons. The van der Waals surface area contributed by atoms with E-state index in [4.69, 9.17) is 4.74 Å². The lowest BCUT2D eigenvalue weighted by Crippen LogP contribution is -2.39. The standard InChI is InChI=1S/C15H22N4O8S/c1-10(8-26-3)18-14(20)9-27-15(21)7-17-28(24,25)11-4-5-12(16-2)13(6-11)19(22)23/h4-6,10,16-17H,7-9H2,1-3H3,(H,18,20). The highest BCUT2D eigenvalue weighted by atomic mass is 32.2. The maximum atomic E-state index is 12.2. The molecule has 0 saturated heterocycles. The predicted octanol–water partition coefficient (Wildman–Crippen LogP) is -0.391. The number of esters is 1. The van der Waals surface area contributed by atoms with Crippen molar-refractivity contribution >= 4 is 33.3 Å². The quantitative estimate of drug-likeness (QED) is 0.246. The maximum absolute atomic E-state index is 12.2. The van der Waals surface area contributed by atoms with Crippen molar-refractivity contribution in [3.8, 4) is 0 Å². The summed E-state index contributed by atoms with van der Waals surface area (Å²) in [4.78, 5) is 33.1. The molecule has 13 heteroatoms. The van der Waals surface area contributed by atoms with Gasteiger partial charge in [-0.1, -0.05) is 0 Å². The molecule has 0 saturated carbocycles. The molecule has 0 bridgehead atoms. The van der Waals surface area contributed by atoms with Crippen molar-refractivity contribution in [3.05, 3.63) is 28.3 Å². The molecular formula is C15H22N4O8S. The first-order valence-electron chi connectivity index (χ1n) is 8.00. The number of ether oxygens (including phenoxy) is 2. The van der Waals surface area contributed by atoms with E-state index < -0.39 is 50.6 Å². The lowest BCUT2D eigenvalue weighted by atomic mass is 10.3. The maximum Gasteiger partial charge on any atom is 0.321 e. The van der Waals surface area contributed by atoms with Crippen LogP contribution in [-0.2, 0) is 29.1 Å². The summed E-state index contributed by atoms with van der Waals surface area (Å²) in [6.07, 6.45) is 0. The number of hydrogen-bond donors (Lipinski definition) is 3. The second-order valence-corrected chi connectivity index (χ2v) is 7.36. The van der Waals surface area contributed by atoms with Gasteiger partial charge in [0.05, 0.1) is 16.4 Å². The molecule has 3 N–H and O–H groups in total. The van der Waals surface area contributed by atoms with Gasteiger partial charge >= 0.3 is 5.97 Å². The number of methoxy groups -OCH3 is 1. The fourth-order valence-electron chi connectivity index (χ4n) is 2.08. The van der Waals surface area contributed by atoms with Gasteiger partial charge in [-0.25, -0.2) is 8.42 Å². The van der Waals surface area contributed by atoms with Gasteiger partial charge in [0, 0.05) is 26.3 Å². The average Bonchev–Trinajstić information content (AvgIpc) is 2.64. The molecule has 1 amide bonds. The van der Waals surface area contributed by atoms with Crippen LogP contribution < -0.4 is 15.4 Å². The Morgan fingerprint density at radius 1 is 1.32 bits per heavy atom. The van der Waals surface area contributed by atoms with Gasteiger partial charge in [-0.05, 0) is 19.1 Å². The Morgan fingerprint density at radius 3 is 2.57 bits per heavy atom. The van der Waals surface area contributed by atoms with Gasteiger partial charge in [-0.15, -0.1) is 0 Å². The van der Waals surface area contributed by atoms with Crippen molar-refractivity contribution in [3.63, 3.8) is 0 Å². The molecule has 0 aliphatic carbocycles. The lowest BCUT2D eigenvalue weighted by molar-refractivity contribution is -0.384. The SMILES string of the molecule is CNc1ccc(S(=O)(=O)NCC(=O)OCC(=O)NC(C)COC)cc1[N+](=O)[O-]. The molecule has 28 heavy (non-hydrogen) atoms. The van der Waals surface area contributed by atoms with E-state index in [0.29, 0.717) is 0 Å². The number of nitrogens with zero attached hydrogens (tertiary/aromatic N) is 1. The van der Waals surface area contributed by atoms with Crippen LogP contribution in [-0.4, -0.2) is 65.2 Å². The lowest BCUT2D eigenvalue weighted by Gasteiger charge is -2.13. The number of nitrogens with one attached hydrogen (secondary N) is 3. The molecule has 156 valence electrons. The summed E-state index contributed by atoms with van der Waals surface area (Å²) in [6.45, 7) is 0.635. The zero-order chi connectivity index (χ0) is 21.3. The molecule has 1 aromatic rings. The molecule has 0 spiro atoms. The number of amides is 1. The van der Waals surface area contributed by atoms with Gasteiger partial charge in [0.15, 0.2) is 6.61 Å². The average molecular weight is 418 g/mol. The third-order valence-electron chi connectivity index (χ3n) is 3.34. The van der Waals surface area contributed by atoms with Gasteiger partial charge in [0.1, 0.15) is 12.2 Å². The van der Waals surface area contributed by atoms with E-state index in [1.807, 2.05) is 4.72 Å². The third kappa shape index (κ3) is 7.09. The van der Waals surface area contributed by atoms with Gasteiger partial charge < -0.3 is 20.1 Å². The van der Waals surface area contributed by atoms with Crippen LogP contribution in [0.3, 0.4) is 0 Å². The fourth-order valence-corrected chi connectivity index (χ4v) is 3.07. The largest absolute Gasteiger partial charge is 0.455 e. The molecule has 0 aromatic heterocycles. The van der Waals surface area contributed by atoms with E-state index in [1.165, 1.54) is 20.2 Å². The first-order chi connectivity index (χ1) is 13.1. The zero-order valence-corrected chi connectivity index (χ0v) is 16.4. The molecule has 1 atom stereocenters. The van der Waals surface area contributed by atoms with Crippen LogP contribution in [0.5, 0.6) is 0 Å². The minimum atomic E-state index is -4.20. The Labute approximate surface area is 161 Å². The molecule has 12 nitrogen and oxygen atoms in total. The minimum absolute atomic E-state index is 0.136. The summed E-state index contributed by atoms with van der Waals surface area (Å²) in [5, 5.41) is 16.1. The normalized spacial score (nSPS) is 12.1. The van der Waals surface area contributed by atoms with E-state index in [-0.39, 0.29) is 18.3 Å². The van der Waals surface area contributed by atoms with Crippen LogP contribution >= 0.6 is 0 Å². The Kier molecular flexibility index (Phi) is 8.76. The Morgan fingerprint density at radius 2 is 2.00 bits per heavy atom. The van der Waals surface area contributed by atoms with Crippen LogP contribution in [0.25, 0.3) is 0 Å². The van der Waals surface area contributed by atoms with Crippen molar-refractivity contribution in [2.24, 2.45) is 0 Å². The van der Waals surface area contributed by atoms with Crippen LogP contribution in [0.2, 0.25) is 0 Å². The molecule has 0 heterocycles. The van der Waals surface area contributed by atoms with E-state index in [0.717, 1.165) is 12.1 Å². The number of carbonyl (C=O) groups excluding carboxylic acids is 2. The van der Waals surface area contributed by atoms with Gasteiger partial charge in [0.25, 0.3) is 11.6 Å². The van der Waals surface area contributed by atoms with Crippen molar-refractivity contribution < 1.29 is 32.4 Å². The van der Waals surface area contributed by atoms with E-state index >= 15 is 0 Å². The second-order valence-electron chi connectivity index (χ2n) is 5.60. The molecule has 1 aromatic carbocycles. The second kappa shape index (κ2) is 10.5. The van der Waals surface area contributed by atoms with E-state index in [9.17, 15) is 28.1 Å². The summed E-state index contributed by atoms with van der Waals surface area (Å²) in [5.41, 5.74) is -0.299. The number of carbonyl (C=O) groups is 2. The van der Waals surface area contributed by atoms with Crippen LogP contribution in [0.4, 0.5) is 11.4 Å². The number of anilines is 1. The Hall–Kier alpha value is -2.77. The summed E-state index contributed by atoms with van der Waals surface area (Å²) in [6, 6.07) is 2.96. The number of benzene rings is 1. The summed E-state index contributed by atoms with van der Waals surface area (Å²) in [5.74, 6) is -1.56. The topological polar surface area (TPSA) is 166 Å². The molecule has 1 rings (SSSR count). The van der Waals surface area contributed by atoms with Crippen LogP contribution in [0, 0.1) is 10.1 Å². The summed E-state index contributed by atoms with van der Waals surface area (Å²) >= 11 is 0. The monoisotopic (exact) mass is 418 g/mol. The molecule has 0 aliphatic heterocycles. The predicted molar refractivity (Wildman–Crippen MR) is 98.3 cm³/mol. The minimum Gasteiger partial charge on any atom is -0.455 e. The summed E-state index contributed by atoms with van der Waals surface area (Å²) in [7, 11) is -1.28. The molecule has 0 aliphatic rings. The van der Waals surface area contributed by atoms with Crippen molar-refractivity contribution in [2.45, 2.75) is 17.9 Å². The van der Waals surface area contributed by atoms with Crippen molar-refractivity contribution in [2.75, 3.05) is 39.2 Å². The summed E-state index contributed by atoms with van der Waals surface area (Å²) < 4.78 is 35.9. The van der Waals surface area contributed by atoms with E-state index in [2.05, 4.69) is 15.4 Å². The first-order valence-corrected chi connectivity index (χ1v) is 9.48. The van der Waals surface area contributed by atoms with Gasteiger partial charge in [-0.3, -0.25) is 19.7 Å². The number of rotatable bonds is 11. The highest BCUT2D eigenvalue weighted by Crippen LogP contribution is 2.26. The number of hydrogen-bond acceptors (Lipinski definition) is 9. The first kappa shape index (κ1) is 23.3. The highest BCUT2D eigenvalue weighted by molar-refractivity contribution is 7.89. The zero-order valence-electron chi connectivity index (χ0n) is 15.6. The fraction of sp³-hybridized carbons (Fsp3) is 0.467.